The number of nitrogens with one attached hydrogen (secondary N) is 1. The molecule has 8 rings (SSSR count). The van der Waals surface area contributed by atoms with E-state index in [0.717, 1.165) is 59.6 Å². The van der Waals surface area contributed by atoms with E-state index in [9.17, 15) is 20.1 Å². The number of para-hydroxylation sites is 1. The maximum Gasteiger partial charge on any atom is 0.337 e. The molecule has 2 fully saturated rings. The van der Waals surface area contributed by atoms with Gasteiger partial charge in [-0.2, -0.15) is 0 Å². The summed E-state index contributed by atoms with van der Waals surface area (Å²) in [7, 11) is 0. The third kappa shape index (κ3) is 2.06. The Morgan fingerprint density at radius 2 is 2.09 bits per heavy atom. The van der Waals surface area contributed by atoms with Gasteiger partial charge in [-0.3, -0.25) is 4.90 Å². The van der Waals surface area contributed by atoms with Crippen LogP contribution < -0.4 is 4.74 Å². The number of likely N-dealkylation sites (tertiary alicyclic amines) is 1. The Balaban J connectivity index is 1.42. The lowest BCUT2D eigenvalue weighted by atomic mass is 9.49. The minimum Gasteiger partial charge on any atom is -0.504 e. The van der Waals surface area contributed by atoms with Gasteiger partial charge in [-0.05, 0) is 61.4 Å². The van der Waals surface area contributed by atoms with Crippen LogP contribution in [0.2, 0.25) is 0 Å². The average molecular weight is 459 g/mol. The summed E-state index contributed by atoms with van der Waals surface area (Å²) in [5.41, 5.74) is 2.95. The third-order valence-electron chi connectivity index (χ3n) is 9.43. The Hall–Kier alpha value is -3.03. The number of hydrogen-bond acceptors (Lipinski definition) is 5. The smallest absolute Gasteiger partial charge is 0.337 e. The van der Waals surface area contributed by atoms with Gasteiger partial charge in [0.05, 0.1) is 27.8 Å². The number of phenolic OH excluding ortho intramolecular Hbond substituents is 1. The van der Waals surface area contributed by atoms with Gasteiger partial charge in [0.1, 0.15) is 0 Å². The number of carboxylic acids is 1. The summed E-state index contributed by atoms with van der Waals surface area (Å²) in [5.74, 6) is 0.325. The molecule has 34 heavy (non-hydrogen) atoms. The minimum atomic E-state index is -1.07. The monoisotopic (exact) mass is 458 g/mol. The van der Waals surface area contributed by atoms with Crippen LogP contribution in [0.1, 0.15) is 58.1 Å². The average Bonchev–Trinajstić information content (AvgIpc) is 3.44. The first-order chi connectivity index (χ1) is 16.4. The number of aromatic carboxylic acids is 1. The van der Waals surface area contributed by atoms with Crippen LogP contribution in [0.25, 0.3) is 10.9 Å². The van der Waals surface area contributed by atoms with Crippen molar-refractivity contribution in [3.05, 3.63) is 58.3 Å². The minimum absolute atomic E-state index is 0.0447. The van der Waals surface area contributed by atoms with E-state index in [0.29, 0.717) is 17.7 Å². The highest BCUT2D eigenvalue weighted by Gasteiger charge is 2.72. The number of aliphatic hydroxyl groups is 1. The first kappa shape index (κ1) is 19.3. The Bertz CT molecular complexity index is 1420. The van der Waals surface area contributed by atoms with Crippen LogP contribution >= 0.6 is 0 Å². The number of aromatic hydroxyl groups is 1. The fraction of sp³-hybridized carbons (Fsp3) is 0.444. The largest absolute Gasteiger partial charge is 0.504 e. The summed E-state index contributed by atoms with van der Waals surface area (Å²) in [6.07, 6.45) is 3.92. The van der Waals surface area contributed by atoms with Gasteiger partial charge in [-0.15, -0.1) is 0 Å². The summed E-state index contributed by atoms with van der Waals surface area (Å²) in [4.78, 5) is 17.9. The molecule has 174 valence electrons. The summed E-state index contributed by atoms with van der Waals surface area (Å²) >= 11 is 0. The number of H-pyrrole nitrogens is 1. The molecule has 3 aromatic rings. The molecule has 4 atom stereocenters. The molecular weight excluding hydrogens is 432 g/mol. The molecule has 2 aliphatic heterocycles. The number of aromatic amines is 1. The van der Waals surface area contributed by atoms with E-state index in [4.69, 9.17) is 4.74 Å². The van der Waals surface area contributed by atoms with Crippen LogP contribution in [-0.4, -0.2) is 55.9 Å². The second kappa shape index (κ2) is 5.96. The van der Waals surface area contributed by atoms with Gasteiger partial charge in [-0.1, -0.05) is 18.2 Å². The molecule has 7 heteroatoms. The van der Waals surface area contributed by atoms with Crippen molar-refractivity contribution in [2.75, 3.05) is 13.1 Å². The number of benzene rings is 2. The number of fused-ring (bicyclic) bond motifs is 4. The van der Waals surface area contributed by atoms with Crippen molar-refractivity contribution in [1.29, 1.82) is 0 Å². The zero-order valence-electron chi connectivity index (χ0n) is 18.7. The van der Waals surface area contributed by atoms with Crippen LogP contribution in [0, 0.1) is 5.92 Å². The molecule has 1 saturated carbocycles. The van der Waals surface area contributed by atoms with E-state index < -0.39 is 23.1 Å². The van der Waals surface area contributed by atoms with Crippen molar-refractivity contribution >= 4 is 16.9 Å². The normalized spacial score (nSPS) is 32.9. The number of nitrogens with zero attached hydrogens (tertiary/aromatic N) is 1. The Labute approximate surface area is 196 Å². The van der Waals surface area contributed by atoms with Crippen LogP contribution in [0.3, 0.4) is 0 Å². The van der Waals surface area contributed by atoms with Crippen molar-refractivity contribution in [2.24, 2.45) is 5.92 Å². The standard InChI is InChI=1S/C27H26N2O5/c30-18-7-6-14-10-19-27(33)11-17-15-2-1-3-16(25(31)32)21(15)28-22(17)24-26(27,20(14)23(18)34-24)8-9-29(19)12-13-4-5-13/h1-3,6-7,13,19,24,28,30,33H,4-5,8-12H2,(H,31,32)/t19-,24-,26-,27+/m0/s1. The van der Waals surface area contributed by atoms with Gasteiger partial charge in [0.15, 0.2) is 17.6 Å². The van der Waals surface area contributed by atoms with E-state index in [1.54, 1.807) is 18.2 Å². The van der Waals surface area contributed by atoms with Gasteiger partial charge < -0.3 is 25.0 Å². The Kier molecular flexibility index (Phi) is 3.38. The zero-order chi connectivity index (χ0) is 23.0. The number of ether oxygens (including phenoxy) is 1. The topological polar surface area (TPSA) is 106 Å². The van der Waals surface area contributed by atoms with Crippen LogP contribution in [0.4, 0.5) is 0 Å². The molecule has 3 heterocycles. The third-order valence-corrected chi connectivity index (χ3v) is 9.43. The zero-order valence-corrected chi connectivity index (χ0v) is 18.7. The molecule has 1 spiro atoms. The van der Waals surface area contributed by atoms with E-state index in [1.807, 2.05) is 12.1 Å². The maximum atomic E-state index is 12.8. The molecule has 2 aromatic carbocycles. The molecule has 4 N–H and O–H groups in total. The van der Waals surface area contributed by atoms with Gasteiger partial charge in [0.25, 0.3) is 0 Å². The maximum absolute atomic E-state index is 12.8. The molecular formula is C27H26N2O5. The predicted octanol–water partition coefficient (Wildman–Crippen LogP) is 3.27. The van der Waals surface area contributed by atoms with Crippen molar-refractivity contribution in [3.63, 3.8) is 0 Å². The highest BCUT2D eigenvalue weighted by atomic mass is 16.5. The number of phenols is 1. The fourth-order valence-electron chi connectivity index (χ4n) is 7.82. The van der Waals surface area contributed by atoms with Crippen molar-refractivity contribution < 1.29 is 24.9 Å². The molecule has 1 saturated heterocycles. The number of piperidine rings is 1. The summed E-state index contributed by atoms with van der Waals surface area (Å²) in [5, 5.41) is 34.2. The molecule has 0 amide bonds. The highest BCUT2D eigenvalue weighted by molar-refractivity contribution is 6.03. The van der Waals surface area contributed by atoms with Gasteiger partial charge in [0.2, 0.25) is 0 Å². The lowest BCUT2D eigenvalue weighted by molar-refractivity contribution is -0.173. The number of carbonyl (C=O) groups is 1. The molecule has 0 radical (unpaired) electrons. The molecule has 2 bridgehead atoms. The Morgan fingerprint density at radius 1 is 1.24 bits per heavy atom. The van der Waals surface area contributed by atoms with E-state index in [1.165, 1.54) is 12.8 Å². The number of aromatic nitrogens is 1. The lowest BCUT2D eigenvalue weighted by Gasteiger charge is -2.62. The van der Waals surface area contributed by atoms with Crippen LogP contribution in [0.5, 0.6) is 11.5 Å². The molecule has 1 aromatic heterocycles. The summed E-state index contributed by atoms with van der Waals surface area (Å²) < 4.78 is 6.55. The highest BCUT2D eigenvalue weighted by Crippen LogP contribution is 2.69. The predicted molar refractivity (Wildman–Crippen MR) is 123 cm³/mol. The van der Waals surface area contributed by atoms with Crippen LogP contribution in [-0.2, 0) is 18.3 Å². The van der Waals surface area contributed by atoms with Crippen molar-refractivity contribution in [2.45, 2.75) is 55.3 Å². The SMILES string of the molecule is O=C(O)c1cccc2c3c([nH]c12)[C@@H]1Oc2c(O)ccc4c2[C@@]12CCN(CC1CC1)[C@@H](C4)[C@]2(O)C3. The van der Waals surface area contributed by atoms with E-state index in [-0.39, 0.29) is 17.4 Å². The quantitative estimate of drug-likeness (QED) is 0.480. The first-order valence-electron chi connectivity index (χ1n) is 12.3. The Morgan fingerprint density at radius 3 is 2.88 bits per heavy atom. The fourth-order valence-corrected chi connectivity index (χ4v) is 7.82. The summed E-state index contributed by atoms with van der Waals surface area (Å²) in [6.45, 7) is 1.90. The molecule has 5 aliphatic rings. The van der Waals surface area contributed by atoms with Gasteiger partial charge in [-0.25, -0.2) is 4.79 Å². The first-order valence-corrected chi connectivity index (χ1v) is 12.3. The lowest BCUT2D eigenvalue weighted by Crippen LogP contribution is -2.74. The number of rotatable bonds is 3. The number of carboxylic acid groups (broad SMARTS) is 1. The van der Waals surface area contributed by atoms with E-state index >= 15 is 0 Å². The van der Waals surface area contributed by atoms with Crippen LogP contribution in [0.15, 0.2) is 30.3 Å². The second-order valence-corrected chi connectivity index (χ2v) is 11.0. The molecule has 7 nitrogen and oxygen atoms in total. The summed E-state index contributed by atoms with van der Waals surface area (Å²) in [6, 6.07) is 8.97. The number of hydrogen-bond donors (Lipinski definition) is 4. The van der Waals surface area contributed by atoms with Gasteiger partial charge in [0, 0.05) is 30.0 Å². The van der Waals surface area contributed by atoms with Crippen molar-refractivity contribution in [3.8, 4) is 11.5 Å². The molecule has 0 unspecified atom stereocenters. The molecule has 3 aliphatic carbocycles. The second-order valence-electron chi connectivity index (χ2n) is 11.0. The van der Waals surface area contributed by atoms with Crippen molar-refractivity contribution in [1.82, 2.24) is 9.88 Å². The van der Waals surface area contributed by atoms with E-state index in [2.05, 4.69) is 9.88 Å². The van der Waals surface area contributed by atoms with Gasteiger partial charge >= 0.3 is 5.97 Å².